The number of hydrogen-bond acceptors (Lipinski definition) is 3. The quantitative estimate of drug-likeness (QED) is 0.812. The van der Waals surface area contributed by atoms with Gasteiger partial charge in [-0.2, -0.15) is 0 Å². The van der Waals surface area contributed by atoms with Crippen molar-refractivity contribution < 1.29 is 10.2 Å². The van der Waals surface area contributed by atoms with Gasteiger partial charge in [0.2, 0.25) is 0 Å². The van der Waals surface area contributed by atoms with Gasteiger partial charge in [-0.3, -0.25) is 0 Å². The Kier molecular flexibility index (Phi) is 6.22. The third-order valence-corrected chi connectivity index (χ3v) is 4.51. The fourth-order valence-electron chi connectivity index (χ4n) is 3.50. The van der Waals surface area contributed by atoms with Crippen molar-refractivity contribution in [2.45, 2.75) is 58.1 Å². The van der Waals surface area contributed by atoms with Crippen LogP contribution in [0.5, 0.6) is 0 Å². The highest BCUT2D eigenvalue weighted by Gasteiger charge is 2.24. The van der Waals surface area contributed by atoms with Crippen LogP contribution in [0, 0.1) is 13.8 Å². The van der Waals surface area contributed by atoms with Crippen LogP contribution < -0.4 is 0 Å². The molecule has 1 aromatic rings. The molecule has 118 valence electrons. The van der Waals surface area contributed by atoms with Gasteiger partial charge in [-0.25, -0.2) is 0 Å². The van der Waals surface area contributed by atoms with E-state index in [1.165, 1.54) is 24.0 Å². The molecular formula is C18H29NO2. The van der Waals surface area contributed by atoms with E-state index in [2.05, 4.69) is 36.9 Å². The third-order valence-electron chi connectivity index (χ3n) is 4.51. The summed E-state index contributed by atoms with van der Waals surface area (Å²) in [5.41, 5.74) is 3.47. The Hall–Kier alpha value is -0.900. The summed E-state index contributed by atoms with van der Waals surface area (Å²) in [4.78, 5) is 2.49. The van der Waals surface area contributed by atoms with Gasteiger partial charge >= 0.3 is 0 Å². The van der Waals surface area contributed by atoms with E-state index in [4.69, 9.17) is 5.11 Å². The minimum Gasteiger partial charge on any atom is -0.396 e. The largest absolute Gasteiger partial charge is 0.396 e. The van der Waals surface area contributed by atoms with Gasteiger partial charge in [0.15, 0.2) is 0 Å². The zero-order valence-corrected chi connectivity index (χ0v) is 13.4. The lowest BCUT2D eigenvalue weighted by Gasteiger charge is -2.25. The van der Waals surface area contributed by atoms with Crippen molar-refractivity contribution in [1.82, 2.24) is 4.90 Å². The Morgan fingerprint density at radius 2 is 1.95 bits per heavy atom. The summed E-state index contributed by atoms with van der Waals surface area (Å²) in [7, 11) is 0. The number of likely N-dealkylation sites (tertiary alicyclic amines) is 1. The summed E-state index contributed by atoms with van der Waals surface area (Å²) in [6.07, 6.45) is 4.87. The SMILES string of the molecule is Cc1cc(C)cc(C(O)CCN2CCCC2CCCO)c1. The molecule has 1 aliphatic rings. The van der Waals surface area contributed by atoms with E-state index in [1.54, 1.807) is 0 Å². The third kappa shape index (κ3) is 4.80. The van der Waals surface area contributed by atoms with Crippen LogP contribution in [0.3, 0.4) is 0 Å². The molecule has 1 aromatic carbocycles. The van der Waals surface area contributed by atoms with Crippen molar-refractivity contribution in [2.75, 3.05) is 19.7 Å². The molecule has 1 heterocycles. The summed E-state index contributed by atoms with van der Waals surface area (Å²) >= 11 is 0. The van der Waals surface area contributed by atoms with Crippen LogP contribution in [0.2, 0.25) is 0 Å². The van der Waals surface area contributed by atoms with Gasteiger partial charge in [0.25, 0.3) is 0 Å². The second kappa shape index (κ2) is 7.92. The number of hydrogen-bond donors (Lipinski definition) is 2. The lowest BCUT2D eigenvalue weighted by atomic mass is 10.0. The zero-order chi connectivity index (χ0) is 15.2. The molecule has 2 rings (SSSR count). The Labute approximate surface area is 128 Å². The van der Waals surface area contributed by atoms with Crippen molar-refractivity contribution in [3.63, 3.8) is 0 Å². The summed E-state index contributed by atoms with van der Waals surface area (Å²) in [5.74, 6) is 0. The van der Waals surface area contributed by atoms with Crippen LogP contribution in [0.1, 0.15) is 54.9 Å². The number of aliphatic hydroxyl groups is 2. The predicted octanol–water partition coefficient (Wildman–Crippen LogP) is 2.96. The molecule has 2 N–H and O–H groups in total. The van der Waals surface area contributed by atoms with E-state index >= 15 is 0 Å². The average Bonchev–Trinajstić information content (AvgIpc) is 2.88. The molecule has 1 aliphatic heterocycles. The second-order valence-corrected chi connectivity index (χ2v) is 6.42. The Balaban J connectivity index is 1.86. The standard InChI is InChI=1S/C18H29NO2/c1-14-11-15(2)13-16(12-14)18(21)7-9-19-8-3-5-17(19)6-4-10-20/h11-13,17-18,20-21H,3-10H2,1-2H3. The topological polar surface area (TPSA) is 43.7 Å². The van der Waals surface area contributed by atoms with Gasteiger partial charge in [-0.05, 0) is 58.1 Å². The lowest BCUT2D eigenvalue weighted by molar-refractivity contribution is 0.133. The molecule has 3 heteroatoms. The maximum atomic E-state index is 10.4. The fourth-order valence-corrected chi connectivity index (χ4v) is 3.50. The van der Waals surface area contributed by atoms with E-state index in [0.29, 0.717) is 6.04 Å². The molecule has 21 heavy (non-hydrogen) atoms. The van der Waals surface area contributed by atoms with Crippen molar-refractivity contribution in [2.24, 2.45) is 0 Å². The van der Waals surface area contributed by atoms with Crippen LogP contribution in [0.15, 0.2) is 18.2 Å². The zero-order valence-electron chi connectivity index (χ0n) is 13.4. The Morgan fingerprint density at radius 3 is 2.62 bits per heavy atom. The van der Waals surface area contributed by atoms with Gasteiger partial charge in [0.05, 0.1) is 6.10 Å². The molecule has 3 nitrogen and oxygen atoms in total. The Morgan fingerprint density at radius 1 is 1.24 bits per heavy atom. The summed E-state index contributed by atoms with van der Waals surface area (Å²) in [6, 6.07) is 6.92. The van der Waals surface area contributed by atoms with Crippen molar-refractivity contribution in [3.8, 4) is 0 Å². The molecule has 0 amide bonds. The first kappa shape index (κ1) is 16.5. The predicted molar refractivity (Wildman–Crippen MR) is 86.4 cm³/mol. The minimum absolute atomic E-state index is 0.287. The molecule has 1 saturated heterocycles. The van der Waals surface area contributed by atoms with Crippen molar-refractivity contribution >= 4 is 0 Å². The molecule has 0 radical (unpaired) electrons. The molecule has 0 bridgehead atoms. The van der Waals surface area contributed by atoms with E-state index in [-0.39, 0.29) is 12.7 Å². The number of benzene rings is 1. The molecule has 0 spiro atoms. The first-order valence-electron chi connectivity index (χ1n) is 8.21. The minimum atomic E-state index is -0.373. The number of nitrogens with zero attached hydrogens (tertiary/aromatic N) is 1. The van der Waals surface area contributed by atoms with E-state index in [0.717, 1.165) is 37.9 Å². The molecule has 0 aromatic heterocycles. The fraction of sp³-hybridized carbons (Fsp3) is 0.667. The molecule has 2 atom stereocenters. The smallest absolute Gasteiger partial charge is 0.0802 e. The van der Waals surface area contributed by atoms with Crippen LogP contribution >= 0.6 is 0 Å². The van der Waals surface area contributed by atoms with Crippen LogP contribution in [-0.4, -0.2) is 40.9 Å². The van der Waals surface area contributed by atoms with Gasteiger partial charge in [0, 0.05) is 19.2 Å². The van der Waals surface area contributed by atoms with Crippen LogP contribution in [-0.2, 0) is 0 Å². The summed E-state index contributed by atoms with van der Waals surface area (Å²) in [5, 5.41) is 19.4. The van der Waals surface area contributed by atoms with Gasteiger partial charge < -0.3 is 15.1 Å². The van der Waals surface area contributed by atoms with E-state index < -0.39 is 0 Å². The first-order valence-corrected chi connectivity index (χ1v) is 8.21. The molecule has 0 saturated carbocycles. The number of rotatable bonds is 7. The number of aliphatic hydroxyl groups excluding tert-OH is 2. The highest BCUT2D eigenvalue weighted by Crippen LogP contribution is 2.25. The van der Waals surface area contributed by atoms with Gasteiger partial charge in [-0.15, -0.1) is 0 Å². The molecule has 1 fully saturated rings. The van der Waals surface area contributed by atoms with E-state index in [1.807, 2.05) is 0 Å². The molecule has 0 aliphatic carbocycles. The van der Waals surface area contributed by atoms with Crippen molar-refractivity contribution in [1.29, 1.82) is 0 Å². The van der Waals surface area contributed by atoms with Crippen LogP contribution in [0.25, 0.3) is 0 Å². The van der Waals surface area contributed by atoms with Crippen molar-refractivity contribution in [3.05, 3.63) is 34.9 Å². The molecule has 2 unspecified atom stereocenters. The molecular weight excluding hydrogens is 262 g/mol. The summed E-state index contributed by atoms with van der Waals surface area (Å²) in [6.45, 7) is 6.53. The van der Waals surface area contributed by atoms with Gasteiger partial charge in [0.1, 0.15) is 0 Å². The normalized spacial score (nSPS) is 20.9. The maximum Gasteiger partial charge on any atom is 0.0802 e. The van der Waals surface area contributed by atoms with E-state index in [9.17, 15) is 5.11 Å². The second-order valence-electron chi connectivity index (χ2n) is 6.42. The maximum absolute atomic E-state index is 10.4. The average molecular weight is 291 g/mol. The lowest BCUT2D eigenvalue weighted by Crippen LogP contribution is -2.31. The highest BCUT2D eigenvalue weighted by molar-refractivity contribution is 5.29. The highest BCUT2D eigenvalue weighted by atomic mass is 16.3. The van der Waals surface area contributed by atoms with Gasteiger partial charge in [-0.1, -0.05) is 29.3 Å². The Bertz CT molecular complexity index is 427. The van der Waals surface area contributed by atoms with Crippen LogP contribution in [0.4, 0.5) is 0 Å². The first-order chi connectivity index (χ1) is 10.1. The monoisotopic (exact) mass is 291 g/mol. The summed E-state index contributed by atoms with van der Waals surface area (Å²) < 4.78 is 0. The number of aryl methyl sites for hydroxylation is 2.